The van der Waals surface area contributed by atoms with Crippen LogP contribution in [0.2, 0.25) is 0 Å². The molecule has 0 aliphatic carbocycles. The summed E-state index contributed by atoms with van der Waals surface area (Å²) in [5.74, 6) is 1.98. The molecule has 2 rings (SSSR count). The number of benzene rings is 1. The highest BCUT2D eigenvalue weighted by Gasteiger charge is 2.12. The zero-order valence-corrected chi connectivity index (χ0v) is 13.2. The fourth-order valence-electron chi connectivity index (χ4n) is 2.06. The van der Waals surface area contributed by atoms with Crippen molar-refractivity contribution in [2.24, 2.45) is 0 Å². The maximum absolute atomic E-state index is 6.04. The van der Waals surface area contributed by atoms with Gasteiger partial charge in [-0.1, -0.05) is 50.3 Å². The standard InChI is InChI=1S/C18H23N3O/c1-4-6-12-19-18-16(13-20-17(5-2)21-18)22-14(3)15-10-8-7-9-11-15/h5,7-11,13-14H,2,4,6,12H2,1,3H3,(H,19,20,21). The lowest BCUT2D eigenvalue weighted by Gasteiger charge is -2.17. The highest BCUT2D eigenvalue weighted by Crippen LogP contribution is 2.27. The second-order valence-corrected chi connectivity index (χ2v) is 5.10. The third-order valence-corrected chi connectivity index (χ3v) is 3.35. The third kappa shape index (κ3) is 4.32. The lowest BCUT2D eigenvalue weighted by molar-refractivity contribution is 0.226. The smallest absolute Gasteiger partial charge is 0.180 e. The topological polar surface area (TPSA) is 47.0 Å². The zero-order chi connectivity index (χ0) is 15.8. The molecule has 1 N–H and O–H groups in total. The molecule has 1 heterocycles. The Hall–Kier alpha value is -2.36. The molecule has 4 nitrogen and oxygen atoms in total. The largest absolute Gasteiger partial charge is 0.481 e. The second-order valence-electron chi connectivity index (χ2n) is 5.10. The van der Waals surface area contributed by atoms with Gasteiger partial charge >= 0.3 is 0 Å². The van der Waals surface area contributed by atoms with Gasteiger partial charge in [0.25, 0.3) is 0 Å². The SMILES string of the molecule is C=Cc1ncc(OC(C)c2ccccc2)c(NCCCC)n1. The first-order valence-corrected chi connectivity index (χ1v) is 7.69. The van der Waals surface area contributed by atoms with E-state index in [9.17, 15) is 0 Å². The molecule has 22 heavy (non-hydrogen) atoms. The van der Waals surface area contributed by atoms with Crippen molar-refractivity contribution in [3.05, 3.63) is 54.5 Å². The van der Waals surface area contributed by atoms with Gasteiger partial charge in [-0.05, 0) is 25.0 Å². The number of rotatable bonds is 8. The lowest BCUT2D eigenvalue weighted by atomic mass is 10.1. The van der Waals surface area contributed by atoms with E-state index in [1.165, 1.54) is 0 Å². The fraction of sp³-hybridized carbons (Fsp3) is 0.333. The van der Waals surface area contributed by atoms with Gasteiger partial charge in [-0.25, -0.2) is 9.97 Å². The Bertz CT molecular complexity index is 599. The molecule has 0 aliphatic heterocycles. The zero-order valence-electron chi connectivity index (χ0n) is 13.2. The number of nitrogens with one attached hydrogen (secondary N) is 1. The van der Waals surface area contributed by atoms with Crippen LogP contribution in [-0.4, -0.2) is 16.5 Å². The summed E-state index contributed by atoms with van der Waals surface area (Å²) in [6.45, 7) is 8.75. The van der Waals surface area contributed by atoms with Gasteiger partial charge in [0.05, 0.1) is 6.20 Å². The molecule has 0 bridgehead atoms. The number of hydrogen-bond acceptors (Lipinski definition) is 4. The van der Waals surface area contributed by atoms with Crippen LogP contribution in [0.25, 0.3) is 6.08 Å². The summed E-state index contributed by atoms with van der Waals surface area (Å²) < 4.78 is 6.04. The summed E-state index contributed by atoms with van der Waals surface area (Å²) >= 11 is 0. The van der Waals surface area contributed by atoms with Crippen LogP contribution in [0.3, 0.4) is 0 Å². The molecule has 0 spiro atoms. The van der Waals surface area contributed by atoms with Crippen LogP contribution in [0.1, 0.15) is 44.2 Å². The van der Waals surface area contributed by atoms with Crippen LogP contribution < -0.4 is 10.1 Å². The molecule has 0 saturated heterocycles. The molecular formula is C18H23N3O. The highest BCUT2D eigenvalue weighted by atomic mass is 16.5. The summed E-state index contributed by atoms with van der Waals surface area (Å²) in [6, 6.07) is 10.1. The van der Waals surface area contributed by atoms with Gasteiger partial charge in [0, 0.05) is 6.54 Å². The summed E-state index contributed by atoms with van der Waals surface area (Å²) in [5.41, 5.74) is 1.12. The Morgan fingerprint density at radius 3 is 2.77 bits per heavy atom. The van der Waals surface area contributed by atoms with Crippen LogP contribution in [0.4, 0.5) is 5.82 Å². The molecule has 116 valence electrons. The molecule has 0 fully saturated rings. The first kappa shape index (κ1) is 16.0. The number of aromatic nitrogens is 2. The molecule has 0 saturated carbocycles. The fourth-order valence-corrected chi connectivity index (χ4v) is 2.06. The van der Waals surface area contributed by atoms with Crippen LogP contribution >= 0.6 is 0 Å². The minimum absolute atomic E-state index is 0.0638. The Kier molecular flexibility index (Phi) is 5.95. The first-order valence-electron chi connectivity index (χ1n) is 7.69. The van der Waals surface area contributed by atoms with Gasteiger partial charge in [0.2, 0.25) is 0 Å². The van der Waals surface area contributed by atoms with Gasteiger partial charge in [-0.2, -0.15) is 0 Å². The van der Waals surface area contributed by atoms with E-state index in [2.05, 4.69) is 28.8 Å². The van der Waals surface area contributed by atoms with Gasteiger partial charge < -0.3 is 10.1 Å². The molecule has 4 heteroatoms. The summed E-state index contributed by atoms with van der Waals surface area (Å²) in [7, 11) is 0. The van der Waals surface area contributed by atoms with E-state index in [1.807, 2.05) is 37.3 Å². The van der Waals surface area contributed by atoms with E-state index < -0.39 is 0 Å². The molecule has 1 atom stereocenters. The van der Waals surface area contributed by atoms with E-state index in [0.29, 0.717) is 11.6 Å². The molecule has 1 unspecified atom stereocenters. The van der Waals surface area contributed by atoms with Crippen molar-refractivity contribution in [1.29, 1.82) is 0 Å². The van der Waals surface area contributed by atoms with Crippen LogP contribution in [0.5, 0.6) is 5.75 Å². The molecule has 1 aromatic carbocycles. The molecular weight excluding hydrogens is 274 g/mol. The van der Waals surface area contributed by atoms with Crippen LogP contribution in [-0.2, 0) is 0 Å². The predicted octanol–water partition coefficient (Wildman–Crippen LogP) is 4.47. The molecule has 0 radical (unpaired) electrons. The third-order valence-electron chi connectivity index (χ3n) is 3.35. The summed E-state index contributed by atoms with van der Waals surface area (Å²) in [4.78, 5) is 8.68. The Morgan fingerprint density at radius 1 is 1.32 bits per heavy atom. The van der Waals surface area contributed by atoms with Crippen molar-refractivity contribution in [3.8, 4) is 5.75 Å². The van der Waals surface area contributed by atoms with Crippen LogP contribution in [0, 0.1) is 0 Å². The van der Waals surface area contributed by atoms with Gasteiger partial charge in [0.15, 0.2) is 17.4 Å². The van der Waals surface area contributed by atoms with E-state index in [-0.39, 0.29) is 6.10 Å². The number of anilines is 1. The van der Waals surface area contributed by atoms with Crippen molar-refractivity contribution < 1.29 is 4.74 Å². The summed E-state index contributed by atoms with van der Waals surface area (Å²) in [6.07, 6.45) is 5.49. The molecule has 0 amide bonds. The Morgan fingerprint density at radius 2 is 2.09 bits per heavy atom. The first-order chi connectivity index (χ1) is 10.7. The number of unbranched alkanes of at least 4 members (excludes halogenated alkanes) is 1. The van der Waals surface area contributed by atoms with E-state index >= 15 is 0 Å². The van der Waals surface area contributed by atoms with Crippen molar-refractivity contribution in [3.63, 3.8) is 0 Å². The maximum atomic E-state index is 6.04. The highest BCUT2D eigenvalue weighted by molar-refractivity contribution is 5.52. The molecule has 0 aliphatic rings. The number of ether oxygens (including phenoxy) is 1. The Labute approximate surface area is 132 Å². The van der Waals surface area contributed by atoms with Gasteiger partial charge in [0.1, 0.15) is 6.10 Å². The van der Waals surface area contributed by atoms with E-state index in [4.69, 9.17) is 4.74 Å². The van der Waals surface area contributed by atoms with E-state index in [0.717, 1.165) is 30.8 Å². The maximum Gasteiger partial charge on any atom is 0.180 e. The van der Waals surface area contributed by atoms with E-state index in [1.54, 1.807) is 12.3 Å². The predicted molar refractivity (Wildman–Crippen MR) is 91.0 cm³/mol. The van der Waals surface area contributed by atoms with Crippen molar-refractivity contribution in [2.45, 2.75) is 32.8 Å². The number of hydrogen-bond donors (Lipinski definition) is 1. The summed E-state index contributed by atoms with van der Waals surface area (Å²) in [5, 5.41) is 3.32. The number of nitrogens with zero attached hydrogens (tertiary/aromatic N) is 2. The minimum Gasteiger partial charge on any atom is -0.481 e. The molecule has 1 aromatic heterocycles. The van der Waals surface area contributed by atoms with Crippen molar-refractivity contribution in [1.82, 2.24) is 9.97 Å². The van der Waals surface area contributed by atoms with Gasteiger partial charge in [-0.3, -0.25) is 0 Å². The average molecular weight is 297 g/mol. The quantitative estimate of drug-likeness (QED) is 0.730. The van der Waals surface area contributed by atoms with Crippen LogP contribution in [0.15, 0.2) is 43.1 Å². The van der Waals surface area contributed by atoms with Crippen molar-refractivity contribution >= 4 is 11.9 Å². The van der Waals surface area contributed by atoms with Crippen molar-refractivity contribution in [2.75, 3.05) is 11.9 Å². The Balaban J connectivity index is 2.16. The lowest BCUT2D eigenvalue weighted by Crippen LogP contribution is -2.10. The van der Waals surface area contributed by atoms with Gasteiger partial charge in [-0.15, -0.1) is 0 Å². The minimum atomic E-state index is -0.0638. The molecule has 2 aromatic rings. The normalized spacial score (nSPS) is 11.7. The second kappa shape index (κ2) is 8.17. The monoisotopic (exact) mass is 297 g/mol. The average Bonchev–Trinajstić information content (AvgIpc) is 2.57.